The van der Waals surface area contributed by atoms with Gasteiger partial charge in [-0.2, -0.15) is 5.10 Å². The number of aromatic nitrogens is 6. The topological polar surface area (TPSA) is 223 Å². The molecular weight excluding hydrogens is 1210 g/mol. The van der Waals surface area contributed by atoms with Crippen LogP contribution in [0.1, 0.15) is 93.9 Å². The standard InChI is InChI=1S/C22H24N2O2.C20H17FN2O2.C19H20N4O2.C16H16N2O2/c25-22(19-11-16-4-1-5-17(10-16)12-19)24-20-7-2-8-21(13-20)26-15-18-6-3-9-23-14-18;1-14-7-8-16(21)10-19(14)20(24)23-17-5-2-6-18(11-17)25-13-15-4-3-9-22-12-15;1-3-23-18(10-14(2)22-23)19(24)21-16-7-4-8-17(11-16)25-13-15-6-5-9-20-12-15;1-2-5-16(19)18-14-7-3-8-15(10-14)20-12-13-6-4-9-17-11-13/h1-4,6-9,13-14,16-17,19H,5,10-12,15H2,(H,24,25);2-12H,13H2,1H3,(H,23,24);4-12H,3,13H2,1-2H3,(H,21,24);2-11H,12H2,1H3,(H,18,19)/b;;;5-2+. The molecule has 2 aliphatic carbocycles. The second-order valence-corrected chi connectivity index (χ2v) is 22.7. The van der Waals surface area contributed by atoms with Crippen molar-refractivity contribution >= 4 is 46.4 Å². The Labute approximate surface area is 558 Å². The van der Waals surface area contributed by atoms with Gasteiger partial charge < -0.3 is 40.2 Å². The van der Waals surface area contributed by atoms with Gasteiger partial charge in [0.05, 0.1) is 5.69 Å². The summed E-state index contributed by atoms with van der Waals surface area (Å²) in [5, 5.41) is 15.8. The Morgan fingerprint density at radius 1 is 0.531 bits per heavy atom. The molecule has 3 unspecified atom stereocenters. The van der Waals surface area contributed by atoms with Crippen LogP contribution < -0.4 is 40.2 Å². The molecule has 96 heavy (non-hydrogen) atoms. The van der Waals surface area contributed by atoms with Gasteiger partial charge >= 0.3 is 0 Å². The summed E-state index contributed by atoms with van der Waals surface area (Å²) in [4.78, 5) is 65.2. The Morgan fingerprint density at radius 3 is 1.43 bits per heavy atom. The van der Waals surface area contributed by atoms with E-state index in [1.54, 1.807) is 123 Å². The van der Waals surface area contributed by atoms with Crippen LogP contribution in [-0.4, -0.2) is 53.3 Å². The summed E-state index contributed by atoms with van der Waals surface area (Å²) >= 11 is 0. The van der Waals surface area contributed by atoms with E-state index in [9.17, 15) is 23.6 Å². The molecule has 490 valence electrons. The van der Waals surface area contributed by atoms with Gasteiger partial charge in [0.1, 0.15) is 60.9 Å². The first-order valence-corrected chi connectivity index (χ1v) is 31.6. The number of hydrogen-bond donors (Lipinski definition) is 4. The molecule has 10 aromatic rings. The number of carbonyl (C=O) groups excluding carboxylic acids is 4. The van der Waals surface area contributed by atoms with Crippen LogP contribution in [0.15, 0.2) is 244 Å². The lowest BCUT2D eigenvalue weighted by Crippen LogP contribution is -2.32. The second kappa shape index (κ2) is 36.0. The normalized spacial score (nSPS) is 14.1. The Morgan fingerprint density at radius 2 is 0.990 bits per heavy atom. The van der Waals surface area contributed by atoms with E-state index in [2.05, 4.69) is 58.5 Å². The van der Waals surface area contributed by atoms with E-state index in [-0.39, 0.29) is 29.5 Å². The fourth-order valence-electron chi connectivity index (χ4n) is 10.5. The van der Waals surface area contributed by atoms with Crippen molar-refractivity contribution in [1.29, 1.82) is 0 Å². The van der Waals surface area contributed by atoms with Gasteiger partial charge in [-0.15, -0.1) is 0 Å². The van der Waals surface area contributed by atoms with Gasteiger partial charge in [0, 0.05) is 137 Å². The van der Waals surface area contributed by atoms with Crippen molar-refractivity contribution in [3.8, 4) is 23.0 Å². The number of rotatable bonds is 21. The Kier molecular flexibility index (Phi) is 25.8. The maximum Gasteiger partial charge on any atom is 0.273 e. The molecule has 1 saturated carbocycles. The lowest BCUT2D eigenvalue weighted by Gasteiger charge is -2.35. The summed E-state index contributed by atoms with van der Waals surface area (Å²) in [5.74, 6) is 3.11. The third-order valence-electron chi connectivity index (χ3n) is 15.2. The number of anilines is 4. The maximum absolute atomic E-state index is 13.4. The molecular formula is C77H77FN10O8. The van der Waals surface area contributed by atoms with Crippen molar-refractivity contribution in [3.05, 3.63) is 294 Å². The first kappa shape index (κ1) is 68.8. The summed E-state index contributed by atoms with van der Waals surface area (Å²) < 4.78 is 38.0. The Hall–Kier alpha value is -11.6. The molecule has 18 nitrogen and oxygen atoms in total. The van der Waals surface area contributed by atoms with Crippen molar-refractivity contribution in [3.63, 3.8) is 0 Å². The number of allylic oxidation sites excluding steroid dienone is 3. The zero-order valence-electron chi connectivity index (χ0n) is 54.0. The number of pyridine rings is 4. The van der Waals surface area contributed by atoms with Gasteiger partial charge in [-0.25, -0.2) is 4.39 Å². The SMILES string of the molecule is C/C=C/C(=O)Nc1cccc(OCc2cccnc2)c1.CCn1nc(C)cc1C(=O)Nc1cccc(OCc2cccnc2)c1.Cc1ccc(F)cc1C(=O)Nc1cccc(OCc2cccnc2)c1.O=C(Nc1cccc(OCc2cccnc2)c1)C1CC2C=CCC(C2)C1. The predicted octanol–water partition coefficient (Wildman–Crippen LogP) is 15.6. The molecule has 1 fully saturated rings. The fourth-order valence-corrected chi connectivity index (χ4v) is 10.5. The average Bonchev–Trinajstić information content (AvgIpc) is 1.24. The third-order valence-corrected chi connectivity index (χ3v) is 15.2. The van der Waals surface area contributed by atoms with E-state index in [4.69, 9.17) is 18.9 Å². The molecule has 5 aromatic heterocycles. The van der Waals surface area contributed by atoms with E-state index >= 15 is 0 Å². The Balaban J connectivity index is 0.000000151. The van der Waals surface area contributed by atoms with Gasteiger partial charge in [-0.1, -0.05) is 72.8 Å². The molecule has 12 rings (SSSR count). The van der Waals surface area contributed by atoms with E-state index in [1.165, 1.54) is 24.6 Å². The number of benzene rings is 5. The highest BCUT2D eigenvalue weighted by molar-refractivity contribution is 6.05. The first-order valence-electron chi connectivity index (χ1n) is 31.6. The molecule has 19 heteroatoms. The number of amides is 4. The number of nitrogens with one attached hydrogen (secondary N) is 4. The van der Waals surface area contributed by atoms with Gasteiger partial charge in [-0.3, -0.25) is 43.8 Å². The molecule has 5 aromatic carbocycles. The number of carbonyl (C=O) groups is 4. The number of hydrogen-bond acceptors (Lipinski definition) is 13. The number of fused-ring (bicyclic) bond motifs is 2. The highest BCUT2D eigenvalue weighted by Gasteiger charge is 2.33. The molecule has 4 amide bonds. The molecule has 0 saturated heterocycles. The summed E-state index contributed by atoms with van der Waals surface area (Å²) in [7, 11) is 0. The molecule has 3 atom stereocenters. The minimum atomic E-state index is -0.440. The van der Waals surface area contributed by atoms with Gasteiger partial charge in [0.15, 0.2) is 0 Å². The van der Waals surface area contributed by atoms with Crippen LogP contribution in [0.3, 0.4) is 0 Å². The minimum Gasteiger partial charge on any atom is -0.489 e. The van der Waals surface area contributed by atoms with Crippen LogP contribution in [0, 0.1) is 37.4 Å². The summed E-state index contributed by atoms with van der Waals surface area (Å²) in [6.07, 6.45) is 26.0. The van der Waals surface area contributed by atoms with Crippen LogP contribution in [0.2, 0.25) is 0 Å². The highest BCUT2D eigenvalue weighted by atomic mass is 19.1. The molecule has 4 N–H and O–H groups in total. The van der Waals surface area contributed by atoms with Crippen molar-refractivity contribution in [2.24, 2.45) is 17.8 Å². The van der Waals surface area contributed by atoms with Gasteiger partial charge in [-0.05, 0) is 168 Å². The van der Waals surface area contributed by atoms with Crippen molar-refractivity contribution in [1.82, 2.24) is 29.7 Å². The second-order valence-electron chi connectivity index (χ2n) is 22.7. The third kappa shape index (κ3) is 22.3. The van der Waals surface area contributed by atoms with Crippen LogP contribution in [0.25, 0.3) is 0 Å². The smallest absolute Gasteiger partial charge is 0.273 e. The largest absolute Gasteiger partial charge is 0.489 e. The molecule has 5 heterocycles. The van der Waals surface area contributed by atoms with Crippen molar-refractivity contribution < 1.29 is 42.5 Å². The number of aryl methyl sites for hydroxylation is 3. The molecule has 0 spiro atoms. The van der Waals surface area contributed by atoms with E-state index in [0.29, 0.717) is 95.9 Å². The highest BCUT2D eigenvalue weighted by Crippen LogP contribution is 2.40. The predicted molar refractivity (Wildman–Crippen MR) is 370 cm³/mol. The monoisotopic (exact) mass is 1290 g/mol. The average molecular weight is 1290 g/mol. The summed E-state index contributed by atoms with van der Waals surface area (Å²) in [5.41, 5.74) is 9.09. The zero-order chi connectivity index (χ0) is 67.3. The van der Waals surface area contributed by atoms with Gasteiger partial charge in [0.2, 0.25) is 11.8 Å². The minimum absolute atomic E-state index is 0.115. The van der Waals surface area contributed by atoms with Gasteiger partial charge in [0.25, 0.3) is 11.8 Å². The van der Waals surface area contributed by atoms with Crippen molar-refractivity contribution in [2.75, 3.05) is 21.3 Å². The first-order chi connectivity index (χ1) is 46.8. The van der Waals surface area contributed by atoms with Crippen molar-refractivity contribution in [2.45, 2.75) is 86.4 Å². The van der Waals surface area contributed by atoms with E-state index in [0.717, 1.165) is 58.6 Å². The van der Waals surface area contributed by atoms with E-state index < -0.39 is 5.82 Å². The maximum atomic E-state index is 13.4. The number of nitrogens with zero attached hydrogens (tertiary/aromatic N) is 6. The molecule has 2 bridgehead atoms. The van der Waals surface area contributed by atoms with E-state index in [1.807, 2.05) is 123 Å². The lowest BCUT2D eigenvalue weighted by atomic mass is 9.71. The van der Waals surface area contributed by atoms with Crippen LogP contribution in [0.5, 0.6) is 23.0 Å². The van der Waals surface area contributed by atoms with Crippen LogP contribution >= 0.6 is 0 Å². The lowest BCUT2D eigenvalue weighted by molar-refractivity contribution is -0.121. The number of ether oxygens (including phenoxy) is 4. The molecule has 0 radical (unpaired) electrons. The summed E-state index contributed by atoms with van der Waals surface area (Å²) in [6, 6.07) is 50.5. The van der Waals surface area contributed by atoms with Crippen LogP contribution in [0.4, 0.5) is 27.1 Å². The molecule has 0 aliphatic heterocycles. The zero-order valence-corrected chi connectivity index (χ0v) is 54.0. The molecule has 2 aliphatic rings. The fraction of sp³-hybridized carbons (Fsp3) is 0.208. The summed E-state index contributed by atoms with van der Waals surface area (Å²) in [6.45, 7) is 9.75. The van der Waals surface area contributed by atoms with Crippen LogP contribution in [-0.2, 0) is 42.6 Å². The number of halogens is 1. The Bertz CT molecular complexity index is 4200. The quantitative estimate of drug-likeness (QED) is 0.0389.